The predicted octanol–water partition coefficient (Wildman–Crippen LogP) is 5.03. The van der Waals surface area contributed by atoms with Gasteiger partial charge in [-0.05, 0) is 37.5 Å². The van der Waals surface area contributed by atoms with E-state index in [1.807, 2.05) is 24.3 Å². The van der Waals surface area contributed by atoms with Crippen LogP contribution in [0.5, 0.6) is 0 Å². The van der Waals surface area contributed by atoms with E-state index in [0.29, 0.717) is 19.8 Å². The lowest BCUT2D eigenvalue weighted by Crippen LogP contribution is -2.61. The molecule has 0 radical (unpaired) electrons. The third-order valence-corrected chi connectivity index (χ3v) is 6.69. The van der Waals surface area contributed by atoms with Crippen LogP contribution in [-0.4, -0.2) is 49.5 Å². The first kappa shape index (κ1) is 27.5. The zero-order valence-corrected chi connectivity index (χ0v) is 22.1. The molecule has 6 heteroatoms. The quantitative estimate of drug-likeness (QED) is 0.394. The number of benzene rings is 3. The molecule has 4 rings (SSSR count). The lowest BCUT2D eigenvalue weighted by atomic mass is 9.98. The molecule has 3 aromatic carbocycles. The van der Waals surface area contributed by atoms with Crippen LogP contribution in [0, 0.1) is 20.8 Å². The summed E-state index contributed by atoms with van der Waals surface area (Å²) in [6.07, 6.45) is -3.01. The van der Waals surface area contributed by atoms with Crippen molar-refractivity contribution >= 4 is 0 Å². The fraction of sp³-hybridized carbons (Fsp3) is 0.419. The smallest absolute Gasteiger partial charge is 0.186 e. The SMILES string of the molecule is CO[C@@H]1O[C@H](CO)[C@H](OCc2ccc(C)cc2)[C@H](OCc2ccc(C)cc2)[C@H]1OCc1ccc(C)cc1. The Morgan fingerprint density at radius 3 is 1.35 bits per heavy atom. The summed E-state index contributed by atoms with van der Waals surface area (Å²) >= 11 is 0. The Balaban J connectivity index is 1.57. The zero-order chi connectivity index (χ0) is 26.2. The van der Waals surface area contributed by atoms with Crippen molar-refractivity contribution in [3.05, 3.63) is 106 Å². The summed E-state index contributed by atoms with van der Waals surface area (Å²) in [6.45, 7) is 7.03. The summed E-state index contributed by atoms with van der Waals surface area (Å²) in [6, 6.07) is 24.6. The number of methoxy groups -OCH3 is 1. The molecule has 0 aliphatic carbocycles. The maximum atomic E-state index is 10.2. The topological polar surface area (TPSA) is 66.4 Å². The van der Waals surface area contributed by atoms with Gasteiger partial charge in [-0.1, -0.05) is 89.5 Å². The average Bonchev–Trinajstić information content (AvgIpc) is 2.92. The Bertz CT molecular complexity index is 1020. The highest BCUT2D eigenvalue weighted by molar-refractivity contribution is 5.22. The van der Waals surface area contributed by atoms with Crippen molar-refractivity contribution in [2.75, 3.05) is 13.7 Å². The molecule has 0 unspecified atom stereocenters. The van der Waals surface area contributed by atoms with Crippen LogP contribution >= 0.6 is 0 Å². The standard InChI is InChI=1S/C31H38O6/c1-21-5-11-24(12-6-21)18-34-28-27(17-32)37-31(33-4)30(36-20-26-15-9-23(3)10-16-26)29(28)35-19-25-13-7-22(2)8-14-25/h5-16,27-32H,17-20H2,1-4H3/t27-,28+,29+,30-,31-/m1/s1. The van der Waals surface area contributed by atoms with Crippen molar-refractivity contribution in [3.8, 4) is 0 Å². The van der Waals surface area contributed by atoms with Crippen LogP contribution < -0.4 is 0 Å². The number of aryl methyl sites for hydroxylation is 3. The number of aliphatic hydroxyl groups excluding tert-OH is 1. The van der Waals surface area contributed by atoms with Gasteiger partial charge in [0, 0.05) is 7.11 Å². The summed E-state index contributed by atoms with van der Waals surface area (Å²) in [7, 11) is 1.58. The van der Waals surface area contributed by atoms with Gasteiger partial charge in [-0.3, -0.25) is 0 Å². The molecule has 5 atom stereocenters. The number of hydrogen-bond donors (Lipinski definition) is 1. The van der Waals surface area contributed by atoms with E-state index in [9.17, 15) is 5.11 Å². The van der Waals surface area contributed by atoms with Gasteiger partial charge >= 0.3 is 0 Å². The van der Waals surface area contributed by atoms with Gasteiger partial charge in [-0.2, -0.15) is 0 Å². The Hall–Kier alpha value is -2.58. The van der Waals surface area contributed by atoms with Crippen LogP contribution in [0.2, 0.25) is 0 Å². The van der Waals surface area contributed by atoms with Gasteiger partial charge in [0.1, 0.15) is 24.4 Å². The minimum Gasteiger partial charge on any atom is -0.394 e. The lowest BCUT2D eigenvalue weighted by Gasteiger charge is -2.45. The van der Waals surface area contributed by atoms with E-state index in [2.05, 4.69) is 69.3 Å². The van der Waals surface area contributed by atoms with Crippen LogP contribution in [0.3, 0.4) is 0 Å². The number of ether oxygens (including phenoxy) is 5. The molecule has 0 spiro atoms. The zero-order valence-electron chi connectivity index (χ0n) is 22.1. The molecule has 0 amide bonds. The fourth-order valence-electron chi connectivity index (χ4n) is 4.41. The largest absolute Gasteiger partial charge is 0.394 e. The van der Waals surface area contributed by atoms with Crippen molar-refractivity contribution in [1.29, 1.82) is 0 Å². The lowest BCUT2D eigenvalue weighted by molar-refractivity contribution is -0.321. The molecule has 1 fully saturated rings. The molecule has 6 nitrogen and oxygen atoms in total. The fourth-order valence-corrected chi connectivity index (χ4v) is 4.41. The minimum absolute atomic E-state index is 0.229. The molecule has 198 valence electrons. The monoisotopic (exact) mass is 506 g/mol. The highest BCUT2D eigenvalue weighted by atomic mass is 16.7. The first-order valence-electron chi connectivity index (χ1n) is 12.8. The minimum atomic E-state index is -0.718. The predicted molar refractivity (Wildman–Crippen MR) is 142 cm³/mol. The molecule has 0 saturated carbocycles. The van der Waals surface area contributed by atoms with Crippen LogP contribution in [0.25, 0.3) is 0 Å². The van der Waals surface area contributed by atoms with Crippen molar-refractivity contribution < 1.29 is 28.8 Å². The molecule has 1 saturated heterocycles. The molecule has 0 bridgehead atoms. The first-order valence-corrected chi connectivity index (χ1v) is 12.8. The summed E-state index contributed by atoms with van der Waals surface area (Å²) in [5, 5.41) is 10.2. The molecular formula is C31H38O6. The summed E-state index contributed by atoms with van der Waals surface area (Å²) in [4.78, 5) is 0. The van der Waals surface area contributed by atoms with Crippen molar-refractivity contribution in [1.82, 2.24) is 0 Å². The molecule has 37 heavy (non-hydrogen) atoms. The molecule has 1 aliphatic rings. The Morgan fingerprint density at radius 1 is 0.595 bits per heavy atom. The number of hydrogen-bond acceptors (Lipinski definition) is 6. The van der Waals surface area contributed by atoms with Crippen LogP contribution in [0.15, 0.2) is 72.8 Å². The molecular weight excluding hydrogens is 468 g/mol. The summed E-state index contributed by atoms with van der Waals surface area (Å²) in [5.74, 6) is 0. The molecule has 1 aliphatic heterocycles. The second-order valence-corrected chi connectivity index (χ2v) is 9.74. The summed E-state index contributed by atoms with van der Waals surface area (Å²) < 4.78 is 31.0. The van der Waals surface area contributed by atoms with Gasteiger partial charge in [0.25, 0.3) is 0 Å². The number of aliphatic hydroxyl groups is 1. The van der Waals surface area contributed by atoms with Gasteiger partial charge in [0.15, 0.2) is 6.29 Å². The summed E-state index contributed by atoms with van der Waals surface area (Å²) in [5.41, 5.74) is 6.68. The maximum absolute atomic E-state index is 10.2. The van der Waals surface area contributed by atoms with Gasteiger partial charge in [0.05, 0.1) is 26.4 Å². The van der Waals surface area contributed by atoms with E-state index < -0.39 is 30.7 Å². The van der Waals surface area contributed by atoms with E-state index in [-0.39, 0.29) is 6.61 Å². The second-order valence-electron chi connectivity index (χ2n) is 9.74. The highest BCUT2D eigenvalue weighted by Crippen LogP contribution is 2.31. The van der Waals surface area contributed by atoms with Crippen molar-refractivity contribution in [2.24, 2.45) is 0 Å². The average molecular weight is 507 g/mol. The van der Waals surface area contributed by atoms with Gasteiger partial charge < -0.3 is 28.8 Å². The Morgan fingerprint density at radius 2 is 0.973 bits per heavy atom. The first-order chi connectivity index (χ1) is 18.0. The van der Waals surface area contributed by atoms with E-state index in [4.69, 9.17) is 23.7 Å². The third-order valence-electron chi connectivity index (χ3n) is 6.69. The van der Waals surface area contributed by atoms with Gasteiger partial charge in [-0.15, -0.1) is 0 Å². The van der Waals surface area contributed by atoms with Crippen LogP contribution in [0.4, 0.5) is 0 Å². The van der Waals surface area contributed by atoms with E-state index in [0.717, 1.165) is 16.7 Å². The molecule has 1 heterocycles. The molecule has 1 N–H and O–H groups in total. The van der Waals surface area contributed by atoms with Crippen LogP contribution in [-0.2, 0) is 43.5 Å². The van der Waals surface area contributed by atoms with Crippen molar-refractivity contribution in [2.45, 2.75) is 71.3 Å². The van der Waals surface area contributed by atoms with E-state index in [1.165, 1.54) is 16.7 Å². The molecule has 3 aromatic rings. The van der Waals surface area contributed by atoms with Crippen molar-refractivity contribution in [3.63, 3.8) is 0 Å². The normalized spacial score (nSPS) is 23.8. The third kappa shape index (κ3) is 7.48. The number of rotatable bonds is 11. The van der Waals surface area contributed by atoms with Gasteiger partial charge in [0.2, 0.25) is 0 Å². The molecule has 0 aromatic heterocycles. The second kappa shape index (κ2) is 13.3. The van der Waals surface area contributed by atoms with E-state index in [1.54, 1.807) is 7.11 Å². The highest BCUT2D eigenvalue weighted by Gasteiger charge is 2.48. The Kier molecular flexibility index (Phi) is 9.86. The Labute approximate surface area is 220 Å². The maximum Gasteiger partial charge on any atom is 0.186 e. The van der Waals surface area contributed by atoms with Crippen LogP contribution in [0.1, 0.15) is 33.4 Å². The van der Waals surface area contributed by atoms with Gasteiger partial charge in [-0.25, -0.2) is 0 Å². The van der Waals surface area contributed by atoms with E-state index >= 15 is 0 Å².